The van der Waals surface area contributed by atoms with Crippen LogP contribution in [0.2, 0.25) is 0 Å². The maximum absolute atomic E-state index is 13.2. The molecule has 1 amide bonds. The minimum atomic E-state index is 0.0984. The predicted octanol–water partition coefficient (Wildman–Crippen LogP) is 5.42. The van der Waals surface area contributed by atoms with Crippen LogP contribution in [0.15, 0.2) is 66.1 Å². The van der Waals surface area contributed by atoms with Gasteiger partial charge in [0.1, 0.15) is 5.75 Å². The number of carbonyl (C=O) groups excluding carboxylic acids is 1. The molecule has 0 saturated carbocycles. The SMILES string of the molecule is COc1ccc2nc(N(CCCn3ccnc3)C(=O)CCSc3ccc(C)cc3)sc2c1. The largest absolute Gasteiger partial charge is 0.497 e. The number of ether oxygens (including phenoxy) is 1. The number of aryl methyl sites for hydroxylation is 2. The van der Waals surface area contributed by atoms with Gasteiger partial charge in [0, 0.05) is 42.6 Å². The van der Waals surface area contributed by atoms with E-state index in [2.05, 4.69) is 36.2 Å². The van der Waals surface area contributed by atoms with E-state index in [1.165, 1.54) is 21.8 Å². The molecule has 8 heteroatoms. The van der Waals surface area contributed by atoms with E-state index in [1.807, 2.05) is 33.9 Å². The van der Waals surface area contributed by atoms with Gasteiger partial charge < -0.3 is 9.30 Å². The van der Waals surface area contributed by atoms with E-state index in [9.17, 15) is 4.79 Å². The van der Waals surface area contributed by atoms with Crippen molar-refractivity contribution in [1.29, 1.82) is 0 Å². The summed E-state index contributed by atoms with van der Waals surface area (Å²) in [6, 6.07) is 14.2. The predicted molar refractivity (Wildman–Crippen MR) is 132 cm³/mol. The molecule has 4 aromatic rings. The number of nitrogens with zero attached hydrogens (tertiary/aromatic N) is 4. The summed E-state index contributed by atoms with van der Waals surface area (Å²) in [5.41, 5.74) is 2.12. The fourth-order valence-electron chi connectivity index (χ4n) is 3.32. The molecule has 0 aliphatic rings. The van der Waals surface area contributed by atoms with Crippen LogP contribution in [0.3, 0.4) is 0 Å². The van der Waals surface area contributed by atoms with Crippen molar-refractivity contribution in [3.8, 4) is 5.75 Å². The van der Waals surface area contributed by atoms with Gasteiger partial charge in [-0.1, -0.05) is 29.0 Å². The van der Waals surface area contributed by atoms with Gasteiger partial charge in [-0.25, -0.2) is 9.97 Å². The highest BCUT2D eigenvalue weighted by atomic mass is 32.2. The van der Waals surface area contributed by atoms with Crippen molar-refractivity contribution in [2.75, 3.05) is 24.3 Å². The average Bonchev–Trinajstić information content (AvgIpc) is 3.47. The topological polar surface area (TPSA) is 60.2 Å². The molecule has 0 radical (unpaired) electrons. The molecule has 32 heavy (non-hydrogen) atoms. The molecular formula is C24H26N4O2S2. The Kier molecular flexibility index (Phi) is 7.44. The molecule has 4 rings (SSSR count). The second-order valence-corrected chi connectivity index (χ2v) is 9.62. The lowest BCUT2D eigenvalue weighted by Gasteiger charge is -2.20. The van der Waals surface area contributed by atoms with Gasteiger partial charge in [-0.15, -0.1) is 11.8 Å². The fraction of sp³-hybridized carbons (Fsp3) is 0.292. The number of carbonyl (C=O) groups is 1. The van der Waals surface area contributed by atoms with Crippen LogP contribution in [-0.2, 0) is 11.3 Å². The summed E-state index contributed by atoms with van der Waals surface area (Å²) in [5.74, 6) is 1.62. The molecule has 0 aliphatic heterocycles. The molecule has 0 aliphatic carbocycles. The minimum Gasteiger partial charge on any atom is -0.497 e. The zero-order chi connectivity index (χ0) is 22.3. The number of thiazole rings is 1. The summed E-state index contributed by atoms with van der Waals surface area (Å²) in [5, 5.41) is 0.740. The van der Waals surface area contributed by atoms with Crippen molar-refractivity contribution in [1.82, 2.24) is 14.5 Å². The number of fused-ring (bicyclic) bond motifs is 1. The van der Waals surface area contributed by atoms with Gasteiger partial charge in [0.05, 0.1) is 23.7 Å². The van der Waals surface area contributed by atoms with Crippen LogP contribution in [-0.4, -0.2) is 39.8 Å². The monoisotopic (exact) mass is 466 g/mol. The van der Waals surface area contributed by atoms with E-state index >= 15 is 0 Å². The lowest BCUT2D eigenvalue weighted by Crippen LogP contribution is -2.32. The van der Waals surface area contributed by atoms with E-state index < -0.39 is 0 Å². The Hall–Kier alpha value is -2.84. The normalized spacial score (nSPS) is 11.1. The van der Waals surface area contributed by atoms with E-state index in [1.54, 1.807) is 31.4 Å². The van der Waals surface area contributed by atoms with Gasteiger partial charge >= 0.3 is 0 Å². The zero-order valence-corrected chi connectivity index (χ0v) is 19.9. The molecule has 0 atom stereocenters. The van der Waals surface area contributed by atoms with Crippen LogP contribution < -0.4 is 9.64 Å². The number of amides is 1. The third kappa shape index (κ3) is 5.69. The van der Waals surface area contributed by atoms with E-state index in [-0.39, 0.29) is 5.91 Å². The molecule has 0 saturated heterocycles. The van der Waals surface area contributed by atoms with Gasteiger partial charge in [0.2, 0.25) is 5.91 Å². The number of anilines is 1. The molecule has 2 aromatic heterocycles. The number of hydrogen-bond acceptors (Lipinski definition) is 6. The number of hydrogen-bond donors (Lipinski definition) is 0. The van der Waals surface area contributed by atoms with Crippen molar-refractivity contribution in [3.63, 3.8) is 0 Å². The third-order valence-electron chi connectivity index (χ3n) is 5.08. The van der Waals surface area contributed by atoms with Crippen molar-refractivity contribution in [2.45, 2.75) is 31.2 Å². The third-order valence-corrected chi connectivity index (χ3v) is 7.13. The summed E-state index contributed by atoms with van der Waals surface area (Å²) < 4.78 is 8.38. The molecule has 6 nitrogen and oxygen atoms in total. The molecular weight excluding hydrogens is 440 g/mol. The Labute approximate surface area is 196 Å². The summed E-state index contributed by atoms with van der Waals surface area (Å²) in [4.78, 5) is 25.1. The van der Waals surface area contributed by atoms with Crippen molar-refractivity contribution < 1.29 is 9.53 Å². The molecule has 2 aromatic carbocycles. The van der Waals surface area contributed by atoms with Crippen LogP contribution in [0.1, 0.15) is 18.4 Å². The van der Waals surface area contributed by atoms with Crippen molar-refractivity contribution in [3.05, 3.63) is 66.7 Å². The van der Waals surface area contributed by atoms with Crippen LogP contribution >= 0.6 is 23.1 Å². The Morgan fingerprint density at radius 2 is 2.06 bits per heavy atom. The average molecular weight is 467 g/mol. The summed E-state index contributed by atoms with van der Waals surface area (Å²) in [7, 11) is 1.65. The quantitative estimate of drug-likeness (QED) is 0.292. The summed E-state index contributed by atoms with van der Waals surface area (Å²) >= 11 is 3.24. The first-order valence-corrected chi connectivity index (χ1v) is 12.3. The maximum Gasteiger partial charge on any atom is 0.229 e. The number of thioether (sulfide) groups is 1. The molecule has 0 fully saturated rings. The molecule has 0 unspecified atom stereocenters. The minimum absolute atomic E-state index is 0.0984. The lowest BCUT2D eigenvalue weighted by atomic mass is 10.2. The van der Waals surface area contributed by atoms with E-state index in [0.29, 0.717) is 13.0 Å². The first-order valence-electron chi connectivity index (χ1n) is 10.5. The number of imidazole rings is 1. The summed E-state index contributed by atoms with van der Waals surface area (Å²) in [6.45, 7) is 3.50. The van der Waals surface area contributed by atoms with Crippen LogP contribution in [0.4, 0.5) is 5.13 Å². The number of benzene rings is 2. The molecule has 0 N–H and O–H groups in total. The van der Waals surface area contributed by atoms with Crippen LogP contribution in [0.5, 0.6) is 5.75 Å². The zero-order valence-electron chi connectivity index (χ0n) is 18.2. The van der Waals surface area contributed by atoms with Crippen LogP contribution in [0.25, 0.3) is 10.2 Å². The second kappa shape index (κ2) is 10.7. The molecule has 166 valence electrons. The highest BCUT2D eigenvalue weighted by Gasteiger charge is 2.19. The Morgan fingerprint density at radius 1 is 1.22 bits per heavy atom. The first kappa shape index (κ1) is 22.4. The Bertz CT molecular complexity index is 1160. The Morgan fingerprint density at radius 3 is 2.81 bits per heavy atom. The first-order chi connectivity index (χ1) is 15.6. The van der Waals surface area contributed by atoms with Crippen molar-refractivity contribution in [2.24, 2.45) is 0 Å². The van der Waals surface area contributed by atoms with Gasteiger partial charge in [-0.2, -0.15) is 0 Å². The van der Waals surface area contributed by atoms with E-state index in [4.69, 9.17) is 9.72 Å². The highest BCUT2D eigenvalue weighted by Crippen LogP contribution is 2.32. The highest BCUT2D eigenvalue weighted by molar-refractivity contribution is 7.99. The maximum atomic E-state index is 13.2. The standard InChI is InChI=1S/C24H26N4O2S2/c1-18-4-7-20(8-5-18)31-15-10-23(29)28(13-3-12-27-14-11-25-17-27)24-26-21-9-6-19(30-2)16-22(21)32-24/h4-9,11,14,16-17H,3,10,12-13,15H2,1-2H3. The second-order valence-electron chi connectivity index (χ2n) is 7.44. The summed E-state index contributed by atoms with van der Waals surface area (Å²) in [6.07, 6.45) is 6.80. The molecule has 0 bridgehead atoms. The molecule has 0 spiro atoms. The number of aromatic nitrogens is 3. The number of rotatable bonds is 10. The number of methoxy groups -OCH3 is 1. The van der Waals surface area contributed by atoms with Crippen LogP contribution in [0, 0.1) is 6.92 Å². The van der Waals surface area contributed by atoms with Gasteiger partial charge in [-0.05, 0) is 43.7 Å². The van der Waals surface area contributed by atoms with Gasteiger partial charge in [0.15, 0.2) is 5.13 Å². The van der Waals surface area contributed by atoms with Gasteiger partial charge in [0.25, 0.3) is 0 Å². The smallest absolute Gasteiger partial charge is 0.229 e. The van der Waals surface area contributed by atoms with Crippen molar-refractivity contribution >= 4 is 44.4 Å². The lowest BCUT2D eigenvalue weighted by molar-refractivity contribution is -0.118. The fourth-order valence-corrected chi connectivity index (χ4v) is 5.20. The Balaban J connectivity index is 1.45. The van der Waals surface area contributed by atoms with Gasteiger partial charge in [-0.3, -0.25) is 9.69 Å². The molecule has 2 heterocycles. The van der Waals surface area contributed by atoms with E-state index in [0.717, 1.165) is 39.8 Å².